The number of ether oxygens (including phenoxy) is 1. The van der Waals surface area contributed by atoms with Crippen molar-refractivity contribution < 1.29 is 27.9 Å². The molecule has 0 aliphatic carbocycles. The number of aliphatic carboxylic acids is 1. The summed E-state index contributed by atoms with van der Waals surface area (Å²) < 4.78 is 30.7. The zero-order chi connectivity index (χ0) is 28.9. The summed E-state index contributed by atoms with van der Waals surface area (Å²) in [5, 5.41) is 9.03. The highest BCUT2D eigenvalue weighted by Gasteiger charge is 2.32. The Hall–Kier alpha value is -3.95. The Morgan fingerprint density at radius 3 is 2.30 bits per heavy atom. The molecule has 40 heavy (non-hydrogen) atoms. The molecule has 1 aliphatic heterocycles. The van der Waals surface area contributed by atoms with E-state index in [9.17, 15) is 18.0 Å². The van der Waals surface area contributed by atoms with Gasteiger partial charge in [-0.05, 0) is 77.9 Å². The van der Waals surface area contributed by atoms with Gasteiger partial charge in [0.15, 0.2) is 0 Å². The first-order valence-electron chi connectivity index (χ1n) is 13.1. The van der Waals surface area contributed by atoms with E-state index >= 15 is 0 Å². The lowest BCUT2D eigenvalue weighted by molar-refractivity contribution is -0.131. The average Bonchev–Trinajstić information content (AvgIpc) is 2.94. The normalized spacial score (nSPS) is 14.8. The van der Waals surface area contributed by atoms with Gasteiger partial charge in [-0.3, -0.25) is 4.79 Å². The van der Waals surface area contributed by atoms with Crippen molar-refractivity contribution in [3.8, 4) is 16.9 Å². The second kappa shape index (κ2) is 12.5. The molecule has 1 amide bonds. The molecular weight excluding hydrogens is 528 g/mol. The molecule has 1 aliphatic rings. The third-order valence-electron chi connectivity index (χ3n) is 7.16. The number of piperidine rings is 1. The molecular formula is C31H34N2O6S. The van der Waals surface area contributed by atoms with E-state index in [1.165, 1.54) is 16.6 Å². The van der Waals surface area contributed by atoms with Crippen LogP contribution in [0.3, 0.4) is 0 Å². The van der Waals surface area contributed by atoms with Crippen molar-refractivity contribution in [3.05, 3.63) is 89.5 Å². The van der Waals surface area contributed by atoms with Gasteiger partial charge in [0.25, 0.3) is 0 Å². The highest BCUT2D eigenvalue weighted by atomic mass is 32.2. The van der Waals surface area contributed by atoms with Crippen LogP contribution >= 0.6 is 0 Å². The van der Waals surface area contributed by atoms with Crippen LogP contribution in [-0.4, -0.2) is 56.2 Å². The maximum absolute atomic E-state index is 13.9. The molecule has 4 rings (SSSR count). The van der Waals surface area contributed by atoms with E-state index in [1.54, 1.807) is 30.2 Å². The SMILES string of the molecule is COc1ccc(-c2ccc(CN(C(=O)C3CCN(S(C)(=O)=O)CC3)c3cccc(C=CC(=O)O)c3)cc2)cc1C. The molecule has 1 fully saturated rings. The van der Waals surface area contributed by atoms with Crippen LogP contribution in [-0.2, 0) is 26.2 Å². The van der Waals surface area contributed by atoms with Gasteiger partial charge in [-0.2, -0.15) is 0 Å². The number of carboxylic acid groups (broad SMARTS) is 1. The highest BCUT2D eigenvalue weighted by molar-refractivity contribution is 7.88. The summed E-state index contributed by atoms with van der Waals surface area (Å²) >= 11 is 0. The molecule has 1 saturated heterocycles. The van der Waals surface area contributed by atoms with Crippen LogP contribution in [0.1, 0.15) is 29.5 Å². The number of hydrogen-bond acceptors (Lipinski definition) is 5. The number of methoxy groups -OCH3 is 1. The molecule has 0 atom stereocenters. The molecule has 3 aromatic carbocycles. The Morgan fingerprint density at radius 2 is 1.70 bits per heavy atom. The van der Waals surface area contributed by atoms with Crippen LogP contribution in [0.4, 0.5) is 5.69 Å². The Balaban J connectivity index is 1.60. The molecule has 1 heterocycles. The highest BCUT2D eigenvalue weighted by Crippen LogP contribution is 2.29. The maximum Gasteiger partial charge on any atom is 0.328 e. The van der Waals surface area contributed by atoms with Crippen LogP contribution in [0.25, 0.3) is 17.2 Å². The molecule has 0 bridgehead atoms. The number of hydrogen-bond donors (Lipinski definition) is 1. The van der Waals surface area contributed by atoms with Gasteiger partial charge in [-0.25, -0.2) is 17.5 Å². The Bertz CT molecular complexity index is 1510. The van der Waals surface area contributed by atoms with Crippen molar-refractivity contribution in [2.75, 3.05) is 31.4 Å². The smallest absolute Gasteiger partial charge is 0.328 e. The molecule has 1 N–H and O–H groups in total. The lowest BCUT2D eigenvalue weighted by Crippen LogP contribution is -2.44. The first-order chi connectivity index (χ1) is 19.0. The predicted molar refractivity (Wildman–Crippen MR) is 157 cm³/mol. The topological polar surface area (TPSA) is 104 Å². The number of aryl methyl sites for hydroxylation is 1. The van der Waals surface area contributed by atoms with Crippen molar-refractivity contribution in [2.24, 2.45) is 5.92 Å². The first kappa shape index (κ1) is 29.0. The van der Waals surface area contributed by atoms with E-state index in [0.29, 0.717) is 43.7 Å². The molecule has 0 spiro atoms. The number of benzene rings is 3. The summed E-state index contributed by atoms with van der Waals surface area (Å²) in [5.41, 5.74) is 5.39. The molecule has 0 unspecified atom stereocenters. The van der Waals surface area contributed by atoms with Crippen molar-refractivity contribution in [3.63, 3.8) is 0 Å². The van der Waals surface area contributed by atoms with Gasteiger partial charge in [0, 0.05) is 30.8 Å². The Morgan fingerprint density at radius 1 is 1.02 bits per heavy atom. The van der Waals surface area contributed by atoms with E-state index in [0.717, 1.165) is 34.1 Å². The number of carboxylic acids is 1. The van der Waals surface area contributed by atoms with Crippen LogP contribution in [0.2, 0.25) is 0 Å². The van der Waals surface area contributed by atoms with E-state index in [4.69, 9.17) is 9.84 Å². The molecule has 0 radical (unpaired) electrons. The second-order valence-corrected chi connectivity index (χ2v) is 12.0. The summed E-state index contributed by atoms with van der Waals surface area (Å²) in [6.45, 7) is 2.93. The Kier molecular flexibility index (Phi) is 9.07. The molecule has 9 heteroatoms. The molecule has 210 valence electrons. The quantitative estimate of drug-likeness (QED) is 0.369. The number of amides is 1. The number of carbonyl (C=O) groups is 2. The van der Waals surface area contributed by atoms with Crippen LogP contribution in [0, 0.1) is 12.8 Å². The van der Waals surface area contributed by atoms with Gasteiger partial charge in [0.1, 0.15) is 5.75 Å². The van der Waals surface area contributed by atoms with Crippen molar-refractivity contribution in [1.29, 1.82) is 0 Å². The predicted octanol–water partition coefficient (Wildman–Crippen LogP) is 4.97. The number of carbonyl (C=O) groups excluding carboxylic acids is 1. The van der Waals surface area contributed by atoms with Crippen molar-refractivity contribution in [1.82, 2.24) is 4.31 Å². The molecule has 0 aromatic heterocycles. The van der Waals surface area contributed by atoms with Crippen molar-refractivity contribution in [2.45, 2.75) is 26.3 Å². The molecule has 8 nitrogen and oxygen atoms in total. The van der Waals surface area contributed by atoms with Gasteiger partial charge in [-0.1, -0.05) is 42.5 Å². The number of anilines is 1. The van der Waals surface area contributed by atoms with Crippen LogP contribution < -0.4 is 9.64 Å². The zero-order valence-electron chi connectivity index (χ0n) is 22.9. The average molecular weight is 563 g/mol. The first-order valence-corrected chi connectivity index (χ1v) is 14.9. The minimum Gasteiger partial charge on any atom is -0.496 e. The summed E-state index contributed by atoms with van der Waals surface area (Å²) in [6.07, 6.45) is 4.62. The van der Waals surface area contributed by atoms with E-state index < -0.39 is 16.0 Å². The summed E-state index contributed by atoms with van der Waals surface area (Å²) in [7, 11) is -1.65. The van der Waals surface area contributed by atoms with Gasteiger partial charge in [0.05, 0.1) is 19.9 Å². The molecule has 3 aromatic rings. The van der Waals surface area contributed by atoms with Crippen molar-refractivity contribution >= 4 is 33.7 Å². The van der Waals surface area contributed by atoms with Gasteiger partial charge in [-0.15, -0.1) is 0 Å². The zero-order valence-corrected chi connectivity index (χ0v) is 23.7. The number of nitrogens with zero attached hydrogens (tertiary/aromatic N) is 2. The molecule has 0 saturated carbocycles. The fraction of sp³-hybridized carbons (Fsp3) is 0.290. The van der Waals surface area contributed by atoms with Crippen LogP contribution in [0.15, 0.2) is 72.8 Å². The summed E-state index contributed by atoms with van der Waals surface area (Å²) in [4.78, 5) is 26.6. The monoisotopic (exact) mass is 562 g/mol. The summed E-state index contributed by atoms with van der Waals surface area (Å²) in [6, 6.07) is 21.3. The lowest BCUT2D eigenvalue weighted by Gasteiger charge is -2.33. The van der Waals surface area contributed by atoms with E-state index in [-0.39, 0.29) is 11.8 Å². The third kappa shape index (κ3) is 7.16. The van der Waals surface area contributed by atoms with Gasteiger partial charge >= 0.3 is 5.97 Å². The Labute approximate surface area is 235 Å². The maximum atomic E-state index is 13.9. The van der Waals surface area contributed by atoms with Crippen LogP contribution in [0.5, 0.6) is 5.75 Å². The minimum absolute atomic E-state index is 0.0811. The van der Waals surface area contributed by atoms with Gasteiger partial charge in [0.2, 0.25) is 15.9 Å². The standard InChI is InChI=1S/C31H34N2O6S/c1-22-19-27(12-13-29(22)39-2)25-10-7-24(8-11-25)21-33(28-6-4-5-23(20-28)9-14-30(34)35)31(36)26-15-17-32(18-16-26)40(3,37)38/h4-14,19-20,26H,15-18,21H2,1-3H3,(H,34,35). The minimum atomic E-state index is -3.30. The fourth-order valence-corrected chi connectivity index (χ4v) is 5.83. The fourth-order valence-electron chi connectivity index (χ4n) is 4.96. The number of rotatable bonds is 9. The lowest BCUT2D eigenvalue weighted by atomic mass is 9.95. The van der Waals surface area contributed by atoms with E-state index in [2.05, 4.69) is 6.07 Å². The summed E-state index contributed by atoms with van der Waals surface area (Å²) in [5.74, 6) is -0.624. The third-order valence-corrected chi connectivity index (χ3v) is 8.46. The largest absolute Gasteiger partial charge is 0.496 e. The van der Waals surface area contributed by atoms with Gasteiger partial charge < -0.3 is 14.7 Å². The van der Waals surface area contributed by atoms with E-state index in [1.807, 2.05) is 49.4 Å². The second-order valence-electron chi connectivity index (χ2n) is 10.0. The number of sulfonamides is 1.